The van der Waals surface area contributed by atoms with E-state index in [-0.39, 0.29) is 30.9 Å². The molecule has 2 aromatic carbocycles. The van der Waals surface area contributed by atoms with Gasteiger partial charge in [-0.1, -0.05) is 48.5 Å². The molecular weight excluding hydrogens is 432 g/mol. The molecule has 1 heterocycles. The van der Waals surface area contributed by atoms with Crippen molar-refractivity contribution >= 4 is 18.0 Å². The molecule has 0 saturated carbocycles. The number of carboxylic acid groups (broad SMARTS) is 1. The molecule has 0 spiro atoms. The third-order valence-electron chi connectivity index (χ3n) is 6.82. The van der Waals surface area contributed by atoms with Gasteiger partial charge in [-0.15, -0.1) is 0 Å². The molecule has 34 heavy (non-hydrogen) atoms. The Bertz CT molecular complexity index is 992. The minimum atomic E-state index is -0.821. The molecular formula is C27H32N2O5. The van der Waals surface area contributed by atoms with E-state index in [1.54, 1.807) is 0 Å². The SMILES string of the molecule is O=C(O)CCC1CCCN1C(=O)CCCCNC(=O)OCC1c2ccccc2-c2ccccc21. The fourth-order valence-corrected chi connectivity index (χ4v) is 5.14. The van der Waals surface area contributed by atoms with Crippen LogP contribution in [0.1, 0.15) is 62.0 Å². The van der Waals surface area contributed by atoms with Crippen molar-refractivity contribution in [3.05, 3.63) is 59.7 Å². The summed E-state index contributed by atoms with van der Waals surface area (Å²) < 4.78 is 5.54. The first-order chi connectivity index (χ1) is 16.5. The predicted octanol–water partition coefficient (Wildman–Crippen LogP) is 4.55. The number of carboxylic acids is 1. The number of carbonyl (C=O) groups excluding carboxylic acids is 2. The summed E-state index contributed by atoms with van der Waals surface area (Å²) >= 11 is 0. The fourth-order valence-electron chi connectivity index (χ4n) is 5.14. The van der Waals surface area contributed by atoms with E-state index in [4.69, 9.17) is 9.84 Å². The highest BCUT2D eigenvalue weighted by atomic mass is 16.5. The van der Waals surface area contributed by atoms with Crippen LogP contribution in [0, 0.1) is 0 Å². The van der Waals surface area contributed by atoms with Crippen LogP contribution in [-0.2, 0) is 14.3 Å². The monoisotopic (exact) mass is 464 g/mol. The number of nitrogens with zero attached hydrogens (tertiary/aromatic N) is 1. The van der Waals surface area contributed by atoms with Crippen LogP contribution in [0.4, 0.5) is 4.79 Å². The summed E-state index contributed by atoms with van der Waals surface area (Å²) in [7, 11) is 0. The highest BCUT2D eigenvalue weighted by molar-refractivity contribution is 5.79. The summed E-state index contributed by atoms with van der Waals surface area (Å²) in [4.78, 5) is 37.4. The van der Waals surface area contributed by atoms with Gasteiger partial charge < -0.3 is 20.1 Å². The molecule has 0 bridgehead atoms. The summed E-state index contributed by atoms with van der Waals surface area (Å²) in [5.74, 6) is -0.710. The van der Waals surface area contributed by atoms with E-state index in [0.29, 0.717) is 38.8 Å². The van der Waals surface area contributed by atoms with E-state index in [1.165, 1.54) is 22.3 Å². The highest BCUT2D eigenvalue weighted by Crippen LogP contribution is 2.44. The Morgan fingerprint density at radius 1 is 0.971 bits per heavy atom. The summed E-state index contributed by atoms with van der Waals surface area (Å²) in [6.45, 7) is 1.44. The number of alkyl carbamates (subject to hydrolysis) is 1. The van der Waals surface area contributed by atoms with Gasteiger partial charge in [0, 0.05) is 37.9 Å². The maximum absolute atomic E-state index is 12.5. The maximum Gasteiger partial charge on any atom is 0.407 e. The van der Waals surface area contributed by atoms with Crippen LogP contribution in [0.25, 0.3) is 11.1 Å². The normalized spacial score (nSPS) is 16.7. The number of amides is 2. The van der Waals surface area contributed by atoms with Gasteiger partial charge in [-0.25, -0.2) is 4.79 Å². The van der Waals surface area contributed by atoms with Gasteiger partial charge in [0.05, 0.1) is 0 Å². The van der Waals surface area contributed by atoms with Gasteiger partial charge >= 0.3 is 12.1 Å². The Kier molecular flexibility index (Phi) is 7.83. The minimum Gasteiger partial charge on any atom is -0.481 e. The van der Waals surface area contributed by atoms with Crippen molar-refractivity contribution in [3.63, 3.8) is 0 Å². The zero-order valence-electron chi connectivity index (χ0n) is 19.4. The van der Waals surface area contributed by atoms with Gasteiger partial charge in [0.1, 0.15) is 6.61 Å². The van der Waals surface area contributed by atoms with Crippen molar-refractivity contribution in [2.75, 3.05) is 19.7 Å². The van der Waals surface area contributed by atoms with E-state index in [1.807, 2.05) is 29.2 Å². The molecule has 2 aromatic rings. The van der Waals surface area contributed by atoms with Crippen LogP contribution in [-0.4, -0.2) is 53.7 Å². The number of likely N-dealkylation sites (tertiary alicyclic amines) is 1. The first-order valence-corrected chi connectivity index (χ1v) is 12.1. The Morgan fingerprint density at radius 3 is 2.32 bits per heavy atom. The number of hydrogen-bond acceptors (Lipinski definition) is 4. The number of carbonyl (C=O) groups is 3. The van der Waals surface area contributed by atoms with Crippen LogP contribution < -0.4 is 5.32 Å². The van der Waals surface area contributed by atoms with Crippen LogP contribution in [0.3, 0.4) is 0 Å². The quantitative estimate of drug-likeness (QED) is 0.503. The van der Waals surface area contributed by atoms with E-state index >= 15 is 0 Å². The first kappa shape index (κ1) is 23.8. The van der Waals surface area contributed by atoms with Crippen molar-refractivity contribution in [1.29, 1.82) is 0 Å². The smallest absolute Gasteiger partial charge is 0.407 e. The van der Waals surface area contributed by atoms with Gasteiger partial charge in [0.2, 0.25) is 5.91 Å². The van der Waals surface area contributed by atoms with Crippen molar-refractivity contribution in [2.45, 2.75) is 56.9 Å². The van der Waals surface area contributed by atoms with Gasteiger partial charge in [0.25, 0.3) is 0 Å². The van der Waals surface area contributed by atoms with E-state index < -0.39 is 12.1 Å². The molecule has 1 aliphatic carbocycles. The second kappa shape index (κ2) is 11.2. The Balaban J connectivity index is 1.16. The summed E-state index contributed by atoms with van der Waals surface area (Å²) in [5, 5.41) is 11.7. The van der Waals surface area contributed by atoms with Crippen molar-refractivity contribution in [3.8, 4) is 11.1 Å². The predicted molar refractivity (Wildman–Crippen MR) is 129 cm³/mol. The molecule has 4 rings (SSSR count). The van der Waals surface area contributed by atoms with Gasteiger partial charge in [0.15, 0.2) is 0 Å². The number of aliphatic carboxylic acids is 1. The zero-order valence-corrected chi connectivity index (χ0v) is 19.4. The second-order valence-corrected chi connectivity index (χ2v) is 9.03. The van der Waals surface area contributed by atoms with Crippen molar-refractivity contribution in [1.82, 2.24) is 10.2 Å². The minimum absolute atomic E-state index is 0.0327. The molecule has 0 aromatic heterocycles. The van der Waals surface area contributed by atoms with Crippen LogP contribution >= 0.6 is 0 Å². The number of benzene rings is 2. The summed E-state index contributed by atoms with van der Waals surface area (Å²) in [6, 6.07) is 16.5. The number of fused-ring (bicyclic) bond motifs is 3. The van der Waals surface area contributed by atoms with E-state index in [2.05, 4.69) is 29.6 Å². The molecule has 2 amide bonds. The van der Waals surface area contributed by atoms with E-state index in [9.17, 15) is 14.4 Å². The van der Waals surface area contributed by atoms with Crippen molar-refractivity contribution < 1.29 is 24.2 Å². The molecule has 2 N–H and O–H groups in total. The Hall–Kier alpha value is -3.35. The largest absolute Gasteiger partial charge is 0.481 e. The van der Waals surface area contributed by atoms with Crippen LogP contribution in [0.5, 0.6) is 0 Å². The second-order valence-electron chi connectivity index (χ2n) is 9.03. The van der Waals surface area contributed by atoms with Crippen LogP contribution in [0.2, 0.25) is 0 Å². The molecule has 1 unspecified atom stereocenters. The lowest BCUT2D eigenvalue weighted by atomic mass is 9.98. The molecule has 1 aliphatic heterocycles. The zero-order chi connectivity index (χ0) is 23.9. The fraction of sp³-hybridized carbons (Fsp3) is 0.444. The molecule has 7 heteroatoms. The molecule has 1 atom stereocenters. The average Bonchev–Trinajstić information content (AvgIpc) is 3.44. The highest BCUT2D eigenvalue weighted by Gasteiger charge is 2.29. The third kappa shape index (κ3) is 5.58. The van der Waals surface area contributed by atoms with Crippen LogP contribution in [0.15, 0.2) is 48.5 Å². The lowest BCUT2D eigenvalue weighted by Crippen LogP contribution is -2.35. The average molecular weight is 465 g/mol. The third-order valence-corrected chi connectivity index (χ3v) is 6.82. The standard InChI is InChI=1S/C27H32N2O5/c30-25(29-17-7-8-19(29)14-15-26(31)32)13-5-6-16-28-27(33)34-18-24-22-11-3-1-9-20(22)21-10-2-4-12-23(21)24/h1-4,9-12,19,24H,5-8,13-18H2,(H,28,33)(H,31,32). The van der Waals surface area contributed by atoms with Gasteiger partial charge in [-0.3, -0.25) is 9.59 Å². The van der Waals surface area contributed by atoms with Gasteiger partial charge in [-0.05, 0) is 54.4 Å². The van der Waals surface area contributed by atoms with E-state index in [0.717, 1.165) is 12.8 Å². The molecule has 180 valence electrons. The molecule has 7 nitrogen and oxygen atoms in total. The molecule has 1 saturated heterocycles. The summed E-state index contributed by atoms with van der Waals surface area (Å²) in [5.41, 5.74) is 4.75. The Labute approximate surface area is 200 Å². The molecule has 1 fully saturated rings. The molecule has 0 radical (unpaired) electrons. The van der Waals surface area contributed by atoms with Gasteiger partial charge in [-0.2, -0.15) is 0 Å². The number of hydrogen-bond donors (Lipinski definition) is 2. The number of rotatable bonds is 10. The van der Waals surface area contributed by atoms with Crippen molar-refractivity contribution in [2.24, 2.45) is 0 Å². The lowest BCUT2D eigenvalue weighted by Gasteiger charge is -2.24. The Morgan fingerprint density at radius 2 is 1.65 bits per heavy atom. The lowest BCUT2D eigenvalue weighted by molar-refractivity contribution is -0.138. The first-order valence-electron chi connectivity index (χ1n) is 12.1. The number of ether oxygens (including phenoxy) is 1. The number of nitrogens with one attached hydrogen (secondary N) is 1. The molecule has 2 aliphatic rings. The maximum atomic E-state index is 12.5. The number of unbranched alkanes of at least 4 members (excludes halogenated alkanes) is 1. The topological polar surface area (TPSA) is 95.9 Å². The summed E-state index contributed by atoms with van der Waals surface area (Å²) in [6.07, 6.45) is 3.75.